The summed E-state index contributed by atoms with van der Waals surface area (Å²) in [4.78, 5) is 4.09. The first-order valence-electron chi connectivity index (χ1n) is 6.60. The van der Waals surface area contributed by atoms with Crippen molar-refractivity contribution in [2.75, 3.05) is 26.1 Å². The summed E-state index contributed by atoms with van der Waals surface area (Å²) in [5.74, 6) is -1.24. The van der Waals surface area contributed by atoms with Gasteiger partial charge in [-0.05, 0) is 18.1 Å². The Morgan fingerprint density at radius 3 is 2.59 bits per heavy atom. The lowest BCUT2D eigenvalue weighted by atomic mass is 9.81. The molecule has 8 heteroatoms. The van der Waals surface area contributed by atoms with Gasteiger partial charge in [0, 0.05) is 25.5 Å². The maximum Gasteiger partial charge on any atom is 0.248 e. The summed E-state index contributed by atoms with van der Waals surface area (Å²) >= 11 is 0. The number of aliphatic imine (C=N–C) groups is 1. The van der Waals surface area contributed by atoms with Crippen LogP contribution in [0.4, 0.5) is 14.5 Å². The molecule has 1 fully saturated rings. The average molecular weight is 427 g/mol. The van der Waals surface area contributed by atoms with E-state index in [2.05, 4.69) is 10.3 Å². The maximum atomic E-state index is 12.7. The second-order valence-electron chi connectivity index (χ2n) is 5.05. The van der Waals surface area contributed by atoms with Crippen LogP contribution in [0.1, 0.15) is 12.8 Å². The smallest absolute Gasteiger partial charge is 0.248 e. The van der Waals surface area contributed by atoms with Crippen LogP contribution in [0.5, 0.6) is 11.5 Å². The van der Waals surface area contributed by atoms with Crippen molar-refractivity contribution in [1.29, 1.82) is 0 Å². The normalized spacial score (nSPS) is 17.2. The standard InChI is InChI=1S/C14H19F2N3O2.HI/c1-20-10-3-4-12(21-2)11(5-10)19-13(17)18-8-9-6-14(15,16)7-9;/h3-5,9H,6-8H2,1-2H3,(H3,17,18,19);1H. The van der Waals surface area contributed by atoms with Crippen molar-refractivity contribution in [3.8, 4) is 11.5 Å². The first-order valence-corrected chi connectivity index (χ1v) is 6.60. The summed E-state index contributed by atoms with van der Waals surface area (Å²) in [5, 5.41) is 2.90. The third-order valence-electron chi connectivity index (χ3n) is 3.36. The molecule has 1 saturated carbocycles. The highest BCUT2D eigenvalue weighted by Gasteiger charge is 2.44. The van der Waals surface area contributed by atoms with Crippen LogP contribution < -0.4 is 20.5 Å². The zero-order valence-electron chi connectivity index (χ0n) is 12.4. The minimum atomic E-state index is -2.53. The van der Waals surface area contributed by atoms with Gasteiger partial charge in [0.25, 0.3) is 0 Å². The van der Waals surface area contributed by atoms with Crippen LogP contribution in [0.25, 0.3) is 0 Å². The fourth-order valence-corrected chi connectivity index (χ4v) is 2.23. The lowest BCUT2D eigenvalue weighted by Gasteiger charge is -2.33. The average Bonchev–Trinajstić information content (AvgIpc) is 2.42. The van der Waals surface area contributed by atoms with Crippen molar-refractivity contribution in [3.63, 3.8) is 0 Å². The number of methoxy groups -OCH3 is 2. The molecule has 2 rings (SSSR count). The van der Waals surface area contributed by atoms with Crippen LogP contribution in [-0.4, -0.2) is 32.6 Å². The van der Waals surface area contributed by atoms with E-state index in [-0.39, 0.29) is 48.7 Å². The Kier molecular flexibility index (Phi) is 6.64. The van der Waals surface area contributed by atoms with Crippen molar-refractivity contribution in [3.05, 3.63) is 18.2 Å². The molecule has 0 atom stereocenters. The van der Waals surface area contributed by atoms with Gasteiger partial charge in [0.15, 0.2) is 5.96 Å². The third-order valence-corrected chi connectivity index (χ3v) is 3.36. The van der Waals surface area contributed by atoms with Gasteiger partial charge in [-0.3, -0.25) is 4.99 Å². The number of anilines is 1. The molecule has 0 unspecified atom stereocenters. The number of nitrogens with zero attached hydrogens (tertiary/aromatic N) is 1. The van der Waals surface area contributed by atoms with Crippen LogP contribution >= 0.6 is 24.0 Å². The number of alkyl halides is 2. The zero-order chi connectivity index (χ0) is 15.5. The van der Waals surface area contributed by atoms with Crippen molar-refractivity contribution in [2.45, 2.75) is 18.8 Å². The Bertz CT molecular complexity index is 533. The Hall–Kier alpha value is -1.32. The molecular formula is C14H20F2IN3O2. The summed E-state index contributed by atoms with van der Waals surface area (Å²) in [6, 6.07) is 5.22. The molecule has 0 bridgehead atoms. The molecule has 0 amide bonds. The van der Waals surface area contributed by atoms with Gasteiger partial charge in [0.1, 0.15) is 11.5 Å². The molecule has 0 heterocycles. The molecule has 0 saturated heterocycles. The summed E-state index contributed by atoms with van der Waals surface area (Å²) in [6.07, 6.45) is -0.238. The third kappa shape index (κ3) is 4.85. The summed E-state index contributed by atoms with van der Waals surface area (Å²) in [7, 11) is 3.09. The van der Waals surface area contributed by atoms with E-state index in [1.165, 1.54) is 7.11 Å². The van der Waals surface area contributed by atoms with Gasteiger partial charge in [-0.25, -0.2) is 8.78 Å². The fraction of sp³-hybridized carbons (Fsp3) is 0.500. The topological polar surface area (TPSA) is 68.9 Å². The van der Waals surface area contributed by atoms with E-state index in [0.29, 0.717) is 23.7 Å². The minimum Gasteiger partial charge on any atom is -0.497 e. The quantitative estimate of drug-likeness (QED) is 0.431. The molecule has 0 aromatic heterocycles. The number of hydrogen-bond donors (Lipinski definition) is 2. The monoisotopic (exact) mass is 427 g/mol. The van der Waals surface area contributed by atoms with Crippen molar-refractivity contribution in [1.82, 2.24) is 0 Å². The molecule has 0 aliphatic heterocycles. The number of hydrogen-bond acceptors (Lipinski definition) is 3. The molecule has 3 N–H and O–H groups in total. The highest BCUT2D eigenvalue weighted by atomic mass is 127. The van der Waals surface area contributed by atoms with E-state index >= 15 is 0 Å². The van der Waals surface area contributed by atoms with Crippen LogP contribution in [0.15, 0.2) is 23.2 Å². The minimum absolute atomic E-state index is 0. The maximum absolute atomic E-state index is 12.7. The van der Waals surface area contributed by atoms with Gasteiger partial charge in [0.2, 0.25) is 5.92 Å². The Balaban J connectivity index is 0.00000242. The van der Waals surface area contributed by atoms with Crippen molar-refractivity contribution < 1.29 is 18.3 Å². The molecule has 0 spiro atoms. The predicted molar refractivity (Wildman–Crippen MR) is 92.7 cm³/mol. The van der Waals surface area contributed by atoms with Crippen LogP contribution in [0.3, 0.4) is 0 Å². The Morgan fingerprint density at radius 1 is 1.36 bits per heavy atom. The SMILES string of the molecule is COc1ccc(OC)c(NC(N)=NCC2CC(F)(F)C2)c1.I. The van der Waals surface area contributed by atoms with Gasteiger partial charge in [0.05, 0.1) is 19.9 Å². The van der Waals surface area contributed by atoms with Crippen LogP contribution in [0, 0.1) is 5.92 Å². The first kappa shape index (κ1) is 18.7. The zero-order valence-corrected chi connectivity index (χ0v) is 14.8. The molecule has 0 radical (unpaired) electrons. The van der Waals surface area contributed by atoms with Gasteiger partial charge in [-0.1, -0.05) is 0 Å². The number of nitrogens with two attached hydrogens (primary N) is 1. The van der Waals surface area contributed by atoms with E-state index in [4.69, 9.17) is 15.2 Å². The number of rotatable bonds is 5. The molecule has 124 valence electrons. The summed E-state index contributed by atoms with van der Waals surface area (Å²) < 4.78 is 35.8. The molecule has 1 aliphatic rings. The predicted octanol–water partition coefficient (Wildman–Crippen LogP) is 3.09. The van der Waals surface area contributed by atoms with Crippen molar-refractivity contribution in [2.24, 2.45) is 16.6 Å². The van der Waals surface area contributed by atoms with E-state index in [1.807, 2.05) is 0 Å². The second kappa shape index (κ2) is 7.80. The number of benzene rings is 1. The number of ether oxygens (including phenoxy) is 2. The molecule has 5 nitrogen and oxygen atoms in total. The molecule has 1 aromatic carbocycles. The van der Waals surface area contributed by atoms with E-state index < -0.39 is 5.92 Å². The lowest BCUT2D eigenvalue weighted by molar-refractivity contribution is -0.107. The van der Waals surface area contributed by atoms with E-state index in [9.17, 15) is 8.78 Å². The molecular weight excluding hydrogens is 407 g/mol. The van der Waals surface area contributed by atoms with E-state index in [0.717, 1.165) is 0 Å². The van der Waals surface area contributed by atoms with Crippen molar-refractivity contribution >= 4 is 35.6 Å². The highest BCUT2D eigenvalue weighted by Crippen LogP contribution is 2.42. The van der Waals surface area contributed by atoms with Gasteiger partial charge in [-0.2, -0.15) is 0 Å². The summed E-state index contributed by atoms with van der Waals surface area (Å²) in [5.41, 5.74) is 6.38. The van der Waals surface area contributed by atoms with Gasteiger partial charge >= 0.3 is 0 Å². The second-order valence-corrected chi connectivity index (χ2v) is 5.05. The number of guanidine groups is 1. The van der Waals surface area contributed by atoms with E-state index in [1.54, 1.807) is 25.3 Å². The molecule has 1 aromatic rings. The molecule has 22 heavy (non-hydrogen) atoms. The van der Waals surface area contributed by atoms with Gasteiger partial charge in [-0.15, -0.1) is 24.0 Å². The number of halogens is 3. The largest absolute Gasteiger partial charge is 0.497 e. The lowest BCUT2D eigenvalue weighted by Crippen LogP contribution is -2.37. The van der Waals surface area contributed by atoms with Crippen LogP contribution in [-0.2, 0) is 0 Å². The number of nitrogens with one attached hydrogen (secondary N) is 1. The van der Waals surface area contributed by atoms with Gasteiger partial charge < -0.3 is 20.5 Å². The Labute approximate surface area is 145 Å². The Morgan fingerprint density at radius 2 is 2.05 bits per heavy atom. The first-order chi connectivity index (χ1) is 9.93. The molecule has 1 aliphatic carbocycles. The fourth-order valence-electron chi connectivity index (χ4n) is 2.23. The van der Waals surface area contributed by atoms with Crippen LogP contribution in [0.2, 0.25) is 0 Å². The summed E-state index contributed by atoms with van der Waals surface area (Å²) in [6.45, 7) is 0.292. The highest BCUT2D eigenvalue weighted by molar-refractivity contribution is 14.0.